The summed E-state index contributed by atoms with van der Waals surface area (Å²) in [5.41, 5.74) is 6.58. The summed E-state index contributed by atoms with van der Waals surface area (Å²) in [4.78, 5) is 40.0. The van der Waals surface area contributed by atoms with Crippen molar-refractivity contribution in [1.29, 1.82) is 0 Å². The molecule has 0 saturated carbocycles. The standard InChI is InChI=1S/C14H14N4O3/c15-6-8-2-1-3-9-12(8)14(21)18(7-16-9)10-4-5-11(19)17-13(10)20/h1-3,7,10H,4-6,15H2,(H,17,19,20). The van der Waals surface area contributed by atoms with Crippen molar-refractivity contribution in [3.63, 3.8) is 0 Å². The molecule has 1 aliphatic heterocycles. The molecule has 7 heteroatoms. The van der Waals surface area contributed by atoms with E-state index in [-0.39, 0.29) is 24.4 Å². The topological polar surface area (TPSA) is 107 Å². The lowest BCUT2D eigenvalue weighted by Gasteiger charge is -2.22. The maximum atomic E-state index is 12.6. The zero-order valence-electron chi connectivity index (χ0n) is 11.2. The van der Waals surface area contributed by atoms with E-state index in [9.17, 15) is 14.4 Å². The molecule has 2 heterocycles. The van der Waals surface area contributed by atoms with Crippen LogP contribution in [0.4, 0.5) is 0 Å². The van der Waals surface area contributed by atoms with Gasteiger partial charge in [0.25, 0.3) is 5.56 Å². The fourth-order valence-electron chi connectivity index (χ4n) is 2.59. The van der Waals surface area contributed by atoms with E-state index in [0.29, 0.717) is 22.9 Å². The number of carbonyl (C=O) groups is 2. The van der Waals surface area contributed by atoms with Crippen LogP contribution in [0.2, 0.25) is 0 Å². The summed E-state index contributed by atoms with van der Waals surface area (Å²) in [5, 5.41) is 2.67. The van der Waals surface area contributed by atoms with Crippen molar-refractivity contribution in [2.45, 2.75) is 25.4 Å². The number of hydrogen-bond acceptors (Lipinski definition) is 5. The summed E-state index contributed by atoms with van der Waals surface area (Å²) in [7, 11) is 0. The van der Waals surface area contributed by atoms with Gasteiger partial charge in [0.2, 0.25) is 11.8 Å². The van der Waals surface area contributed by atoms with Gasteiger partial charge < -0.3 is 5.73 Å². The number of hydrogen-bond donors (Lipinski definition) is 2. The Labute approximate surface area is 119 Å². The van der Waals surface area contributed by atoms with E-state index in [2.05, 4.69) is 10.3 Å². The van der Waals surface area contributed by atoms with Crippen molar-refractivity contribution in [1.82, 2.24) is 14.9 Å². The average molecular weight is 286 g/mol. The Morgan fingerprint density at radius 1 is 1.33 bits per heavy atom. The van der Waals surface area contributed by atoms with Crippen LogP contribution in [-0.2, 0) is 16.1 Å². The van der Waals surface area contributed by atoms with Gasteiger partial charge in [0.15, 0.2) is 0 Å². The highest BCUT2D eigenvalue weighted by Gasteiger charge is 2.29. The first kappa shape index (κ1) is 13.4. The van der Waals surface area contributed by atoms with E-state index < -0.39 is 11.9 Å². The quantitative estimate of drug-likeness (QED) is 0.745. The van der Waals surface area contributed by atoms with Crippen LogP contribution in [0.1, 0.15) is 24.4 Å². The minimum atomic E-state index is -0.710. The third-order valence-corrected chi connectivity index (χ3v) is 3.66. The zero-order chi connectivity index (χ0) is 15.0. The monoisotopic (exact) mass is 286 g/mol. The maximum Gasteiger partial charge on any atom is 0.262 e. The number of carbonyl (C=O) groups excluding carboxylic acids is 2. The average Bonchev–Trinajstić information content (AvgIpc) is 2.48. The van der Waals surface area contributed by atoms with Crippen LogP contribution >= 0.6 is 0 Å². The largest absolute Gasteiger partial charge is 0.326 e. The predicted octanol–water partition coefficient (Wildman–Crippen LogP) is -0.167. The van der Waals surface area contributed by atoms with Gasteiger partial charge >= 0.3 is 0 Å². The van der Waals surface area contributed by atoms with E-state index in [1.807, 2.05) is 0 Å². The molecule has 1 aromatic carbocycles. The maximum absolute atomic E-state index is 12.6. The van der Waals surface area contributed by atoms with Crippen molar-refractivity contribution in [3.8, 4) is 0 Å². The number of piperidine rings is 1. The first-order valence-corrected chi connectivity index (χ1v) is 6.64. The number of nitrogens with one attached hydrogen (secondary N) is 1. The molecule has 2 aromatic rings. The Morgan fingerprint density at radius 2 is 2.14 bits per heavy atom. The first-order chi connectivity index (χ1) is 10.1. The molecular formula is C14H14N4O3. The van der Waals surface area contributed by atoms with Crippen molar-refractivity contribution in [3.05, 3.63) is 40.4 Å². The van der Waals surface area contributed by atoms with Crippen LogP contribution in [-0.4, -0.2) is 21.4 Å². The smallest absolute Gasteiger partial charge is 0.262 e. The molecule has 21 heavy (non-hydrogen) atoms. The number of nitrogens with zero attached hydrogens (tertiary/aromatic N) is 2. The van der Waals surface area contributed by atoms with Crippen LogP contribution in [0.3, 0.4) is 0 Å². The van der Waals surface area contributed by atoms with Gasteiger partial charge in [-0.2, -0.15) is 0 Å². The molecule has 7 nitrogen and oxygen atoms in total. The van der Waals surface area contributed by atoms with Crippen LogP contribution in [0, 0.1) is 0 Å². The Hall–Kier alpha value is -2.54. The van der Waals surface area contributed by atoms with Crippen LogP contribution in [0.25, 0.3) is 10.9 Å². The fourth-order valence-corrected chi connectivity index (χ4v) is 2.59. The van der Waals surface area contributed by atoms with Gasteiger partial charge in [0.1, 0.15) is 6.04 Å². The molecule has 3 N–H and O–H groups in total. The van der Waals surface area contributed by atoms with Gasteiger partial charge in [-0.25, -0.2) is 4.98 Å². The molecule has 1 aliphatic rings. The Kier molecular flexibility index (Phi) is 3.26. The van der Waals surface area contributed by atoms with E-state index in [1.165, 1.54) is 10.9 Å². The van der Waals surface area contributed by atoms with E-state index in [1.54, 1.807) is 18.2 Å². The molecule has 108 valence electrons. The lowest BCUT2D eigenvalue weighted by Crippen LogP contribution is -2.44. The zero-order valence-corrected chi connectivity index (χ0v) is 11.2. The van der Waals surface area contributed by atoms with Gasteiger partial charge in [-0.15, -0.1) is 0 Å². The molecule has 0 radical (unpaired) electrons. The van der Waals surface area contributed by atoms with Gasteiger partial charge in [-0.3, -0.25) is 24.3 Å². The number of aromatic nitrogens is 2. The van der Waals surface area contributed by atoms with Gasteiger partial charge in [0, 0.05) is 13.0 Å². The van der Waals surface area contributed by atoms with Crippen LogP contribution in [0.15, 0.2) is 29.3 Å². The normalized spacial score (nSPS) is 18.8. The number of imide groups is 1. The second-order valence-corrected chi connectivity index (χ2v) is 4.94. The molecule has 1 unspecified atom stereocenters. The van der Waals surface area contributed by atoms with Crippen molar-refractivity contribution in [2.24, 2.45) is 5.73 Å². The minimum absolute atomic E-state index is 0.208. The molecule has 2 amide bonds. The van der Waals surface area contributed by atoms with Gasteiger partial charge in [-0.05, 0) is 18.1 Å². The lowest BCUT2D eigenvalue weighted by molar-refractivity contribution is -0.135. The third kappa shape index (κ3) is 2.21. The van der Waals surface area contributed by atoms with Crippen molar-refractivity contribution in [2.75, 3.05) is 0 Å². The number of rotatable bonds is 2. The Morgan fingerprint density at radius 3 is 2.86 bits per heavy atom. The highest BCUT2D eigenvalue weighted by molar-refractivity contribution is 5.99. The Balaban J connectivity index is 2.16. The van der Waals surface area contributed by atoms with Gasteiger partial charge in [0.05, 0.1) is 17.2 Å². The molecule has 1 aromatic heterocycles. The highest BCUT2D eigenvalue weighted by atomic mass is 16.2. The number of amides is 2. The summed E-state index contributed by atoms with van der Waals surface area (Å²) in [6, 6.07) is 4.57. The molecule has 0 aliphatic carbocycles. The van der Waals surface area contributed by atoms with Crippen molar-refractivity contribution >= 4 is 22.7 Å². The molecule has 1 saturated heterocycles. The second kappa shape index (κ2) is 5.10. The predicted molar refractivity (Wildman–Crippen MR) is 75.3 cm³/mol. The number of fused-ring (bicyclic) bond motifs is 1. The fraction of sp³-hybridized carbons (Fsp3) is 0.286. The van der Waals surface area contributed by atoms with Gasteiger partial charge in [-0.1, -0.05) is 12.1 Å². The number of nitrogens with two attached hydrogens (primary N) is 1. The van der Waals surface area contributed by atoms with Crippen LogP contribution < -0.4 is 16.6 Å². The number of benzene rings is 1. The lowest BCUT2D eigenvalue weighted by atomic mass is 10.1. The molecular weight excluding hydrogens is 272 g/mol. The molecule has 1 fully saturated rings. The first-order valence-electron chi connectivity index (χ1n) is 6.64. The summed E-state index contributed by atoms with van der Waals surface area (Å²) in [5.74, 6) is -0.791. The van der Waals surface area contributed by atoms with Crippen molar-refractivity contribution < 1.29 is 9.59 Å². The molecule has 1 atom stereocenters. The molecule has 3 rings (SSSR count). The summed E-state index contributed by atoms with van der Waals surface area (Å²) < 4.78 is 1.28. The van der Waals surface area contributed by atoms with Crippen LogP contribution in [0.5, 0.6) is 0 Å². The summed E-state index contributed by atoms with van der Waals surface area (Å²) in [6.45, 7) is 0.216. The highest BCUT2D eigenvalue weighted by Crippen LogP contribution is 2.18. The summed E-state index contributed by atoms with van der Waals surface area (Å²) in [6.07, 6.45) is 1.85. The van der Waals surface area contributed by atoms with E-state index >= 15 is 0 Å². The Bertz CT molecular complexity index is 796. The van der Waals surface area contributed by atoms with E-state index in [0.717, 1.165) is 0 Å². The second-order valence-electron chi connectivity index (χ2n) is 4.94. The van der Waals surface area contributed by atoms with E-state index in [4.69, 9.17) is 5.73 Å². The minimum Gasteiger partial charge on any atom is -0.326 e. The molecule has 0 spiro atoms. The third-order valence-electron chi connectivity index (χ3n) is 3.66. The molecule has 0 bridgehead atoms. The SMILES string of the molecule is NCc1cccc2ncn(C3CCC(=O)NC3=O)c(=O)c12. The summed E-state index contributed by atoms with van der Waals surface area (Å²) >= 11 is 0.